The zero-order valence-electron chi connectivity index (χ0n) is 13.5. The number of hydrogen-bond acceptors (Lipinski definition) is 4. The Balaban J connectivity index is 2.79. The number of hydrogen-bond donors (Lipinski definition) is 1. The zero-order chi connectivity index (χ0) is 15.5. The Morgan fingerprint density at radius 2 is 1.90 bits per heavy atom. The summed E-state index contributed by atoms with van der Waals surface area (Å²) in [6, 6.07) is -0.526. The Bertz CT molecular complexity index is 355. The van der Waals surface area contributed by atoms with Crippen molar-refractivity contribution < 1.29 is 14.3 Å². The summed E-state index contributed by atoms with van der Waals surface area (Å²) in [5.41, 5.74) is -0.539. The van der Waals surface area contributed by atoms with Crippen molar-refractivity contribution in [3.63, 3.8) is 0 Å². The summed E-state index contributed by atoms with van der Waals surface area (Å²) >= 11 is 0. The first kappa shape index (κ1) is 17.0. The molecule has 2 unspecified atom stereocenters. The van der Waals surface area contributed by atoms with Crippen LogP contribution >= 0.6 is 0 Å². The molecule has 116 valence electrons. The number of nitrogens with zero attached hydrogens (tertiary/aromatic N) is 1. The van der Waals surface area contributed by atoms with Gasteiger partial charge in [0.1, 0.15) is 11.6 Å². The van der Waals surface area contributed by atoms with Crippen LogP contribution in [0.4, 0.5) is 0 Å². The molecule has 1 saturated heterocycles. The lowest BCUT2D eigenvalue weighted by Crippen LogP contribution is -2.50. The van der Waals surface area contributed by atoms with Crippen LogP contribution in [0, 0.1) is 11.8 Å². The highest BCUT2D eigenvalue weighted by Gasteiger charge is 2.36. The molecule has 0 aromatic heterocycles. The van der Waals surface area contributed by atoms with Crippen molar-refractivity contribution in [1.82, 2.24) is 10.2 Å². The molecule has 0 spiro atoms. The molecule has 1 amide bonds. The number of esters is 1. The van der Waals surface area contributed by atoms with E-state index in [4.69, 9.17) is 4.74 Å². The summed E-state index contributed by atoms with van der Waals surface area (Å²) in [5, 5.41) is 3.18. The van der Waals surface area contributed by atoms with Crippen LogP contribution in [0.5, 0.6) is 0 Å². The van der Waals surface area contributed by atoms with Crippen LogP contribution in [0.3, 0.4) is 0 Å². The molecule has 0 aliphatic carbocycles. The second kappa shape index (κ2) is 6.57. The number of rotatable bonds is 4. The Labute approximate surface area is 122 Å². The van der Waals surface area contributed by atoms with Crippen molar-refractivity contribution in [2.75, 3.05) is 20.1 Å². The summed E-state index contributed by atoms with van der Waals surface area (Å²) in [6.45, 7) is 10.9. The molecule has 0 radical (unpaired) electrons. The summed E-state index contributed by atoms with van der Waals surface area (Å²) in [6.07, 6.45) is 0.836. The lowest BCUT2D eigenvalue weighted by Gasteiger charge is -2.33. The molecule has 1 heterocycles. The number of amides is 1. The number of carbonyl (C=O) groups is 2. The van der Waals surface area contributed by atoms with E-state index in [2.05, 4.69) is 5.32 Å². The van der Waals surface area contributed by atoms with E-state index in [1.54, 1.807) is 11.9 Å². The molecule has 5 heteroatoms. The van der Waals surface area contributed by atoms with Crippen molar-refractivity contribution in [3.8, 4) is 0 Å². The Hall–Kier alpha value is -1.10. The average molecular weight is 284 g/mol. The fraction of sp³-hybridized carbons (Fsp3) is 0.867. The fourth-order valence-corrected chi connectivity index (χ4v) is 2.53. The molecule has 0 bridgehead atoms. The van der Waals surface area contributed by atoms with Crippen molar-refractivity contribution in [1.29, 1.82) is 0 Å². The largest absolute Gasteiger partial charge is 0.458 e. The van der Waals surface area contributed by atoms with Crippen LogP contribution in [0.25, 0.3) is 0 Å². The van der Waals surface area contributed by atoms with Crippen LogP contribution < -0.4 is 5.32 Å². The molecule has 1 N–H and O–H groups in total. The van der Waals surface area contributed by atoms with E-state index in [0.717, 1.165) is 13.0 Å². The Morgan fingerprint density at radius 3 is 2.30 bits per heavy atom. The van der Waals surface area contributed by atoms with E-state index in [9.17, 15) is 9.59 Å². The van der Waals surface area contributed by atoms with Crippen LogP contribution in [0.1, 0.15) is 41.0 Å². The van der Waals surface area contributed by atoms with E-state index in [0.29, 0.717) is 6.54 Å². The van der Waals surface area contributed by atoms with Gasteiger partial charge in [-0.2, -0.15) is 0 Å². The smallest absolute Gasteiger partial charge is 0.329 e. The van der Waals surface area contributed by atoms with Gasteiger partial charge >= 0.3 is 5.97 Å². The van der Waals surface area contributed by atoms with Gasteiger partial charge < -0.3 is 15.0 Å². The minimum atomic E-state index is -0.539. The number of carbonyl (C=O) groups excluding carboxylic acids is 2. The third-order valence-electron chi connectivity index (χ3n) is 3.45. The summed E-state index contributed by atoms with van der Waals surface area (Å²) in [7, 11) is 1.70. The van der Waals surface area contributed by atoms with E-state index < -0.39 is 11.6 Å². The Kier molecular flexibility index (Phi) is 5.57. The monoisotopic (exact) mass is 284 g/mol. The average Bonchev–Trinajstić information content (AvgIpc) is 2.77. The van der Waals surface area contributed by atoms with Gasteiger partial charge in [-0.3, -0.25) is 4.79 Å². The van der Waals surface area contributed by atoms with E-state index in [1.807, 2.05) is 34.6 Å². The lowest BCUT2D eigenvalue weighted by atomic mass is 9.99. The SMILES string of the molecule is CC(C)C(C(=O)OC(C)(C)C)N(C)C(=O)C1CCNC1. The molecule has 0 aromatic rings. The van der Waals surface area contributed by atoms with E-state index in [1.165, 1.54) is 0 Å². The Morgan fingerprint density at radius 1 is 1.30 bits per heavy atom. The van der Waals surface area contributed by atoms with Gasteiger partial charge in [-0.05, 0) is 39.7 Å². The summed E-state index contributed by atoms with van der Waals surface area (Å²) in [4.78, 5) is 26.3. The zero-order valence-corrected chi connectivity index (χ0v) is 13.5. The van der Waals surface area contributed by atoms with Crippen LogP contribution in [0.2, 0.25) is 0 Å². The second-order valence-electron chi connectivity index (χ2n) is 6.86. The molecule has 5 nitrogen and oxygen atoms in total. The fourth-order valence-electron chi connectivity index (χ4n) is 2.53. The topological polar surface area (TPSA) is 58.6 Å². The van der Waals surface area contributed by atoms with Crippen molar-refractivity contribution in [2.24, 2.45) is 11.8 Å². The first-order chi connectivity index (χ1) is 9.13. The molecular weight excluding hydrogens is 256 g/mol. The molecule has 2 atom stereocenters. The van der Waals surface area contributed by atoms with Gasteiger partial charge in [0.15, 0.2) is 0 Å². The van der Waals surface area contributed by atoms with Gasteiger partial charge in [0, 0.05) is 13.6 Å². The predicted molar refractivity (Wildman–Crippen MR) is 78.2 cm³/mol. The molecule has 1 rings (SSSR count). The normalized spacial score (nSPS) is 20.9. The third-order valence-corrected chi connectivity index (χ3v) is 3.45. The third kappa shape index (κ3) is 4.47. The maximum Gasteiger partial charge on any atom is 0.329 e. The maximum atomic E-state index is 12.4. The molecule has 0 saturated carbocycles. The van der Waals surface area contributed by atoms with Crippen LogP contribution in [0.15, 0.2) is 0 Å². The minimum Gasteiger partial charge on any atom is -0.458 e. The lowest BCUT2D eigenvalue weighted by molar-refractivity contribution is -0.166. The number of nitrogens with one attached hydrogen (secondary N) is 1. The minimum absolute atomic E-state index is 0.0214. The van der Waals surface area contributed by atoms with Crippen molar-refractivity contribution in [2.45, 2.75) is 52.7 Å². The van der Waals surface area contributed by atoms with Crippen molar-refractivity contribution >= 4 is 11.9 Å². The molecule has 20 heavy (non-hydrogen) atoms. The highest BCUT2D eigenvalue weighted by Crippen LogP contribution is 2.20. The standard InChI is InChI=1S/C15H28N2O3/c1-10(2)12(14(19)20-15(3,4)5)17(6)13(18)11-7-8-16-9-11/h10-12,16H,7-9H2,1-6H3. The van der Waals surface area contributed by atoms with Gasteiger partial charge in [-0.1, -0.05) is 13.8 Å². The predicted octanol–water partition coefficient (Wildman–Crippen LogP) is 1.42. The van der Waals surface area contributed by atoms with Gasteiger partial charge in [-0.15, -0.1) is 0 Å². The van der Waals surface area contributed by atoms with Gasteiger partial charge in [0.05, 0.1) is 5.92 Å². The second-order valence-corrected chi connectivity index (χ2v) is 6.86. The molecular formula is C15H28N2O3. The van der Waals surface area contributed by atoms with Crippen molar-refractivity contribution in [3.05, 3.63) is 0 Å². The van der Waals surface area contributed by atoms with Gasteiger partial charge in [-0.25, -0.2) is 4.79 Å². The molecule has 0 aromatic carbocycles. The molecule has 1 fully saturated rings. The molecule has 1 aliphatic heterocycles. The number of likely N-dealkylation sites (N-methyl/N-ethyl adjacent to an activating group) is 1. The first-order valence-electron chi connectivity index (χ1n) is 7.33. The first-order valence-corrected chi connectivity index (χ1v) is 7.33. The van der Waals surface area contributed by atoms with E-state index >= 15 is 0 Å². The quantitative estimate of drug-likeness (QED) is 0.793. The van der Waals surface area contributed by atoms with Crippen LogP contribution in [-0.4, -0.2) is 48.6 Å². The van der Waals surface area contributed by atoms with Gasteiger partial charge in [0.2, 0.25) is 5.91 Å². The highest BCUT2D eigenvalue weighted by molar-refractivity contribution is 5.86. The highest BCUT2D eigenvalue weighted by atomic mass is 16.6. The van der Waals surface area contributed by atoms with E-state index in [-0.39, 0.29) is 23.7 Å². The maximum absolute atomic E-state index is 12.4. The number of ether oxygens (including phenoxy) is 1. The summed E-state index contributed by atoms with van der Waals surface area (Å²) < 4.78 is 5.45. The summed E-state index contributed by atoms with van der Waals surface area (Å²) in [5.74, 6) is -0.300. The van der Waals surface area contributed by atoms with Gasteiger partial charge in [0.25, 0.3) is 0 Å². The molecule has 1 aliphatic rings. The van der Waals surface area contributed by atoms with Crippen LogP contribution in [-0.2, 0) is 14.3 Å².